The molecule has 0 aliphatic rings. The number of rotatable bonds is 10. The molecule has 1 heterocycles. The zero-order chi connectivity index (χ0) is 25.5. The number of nitrogens with one attached hydrogen (secondary N) is 2. The third-order valence-electron chi connectivity index (χ3n) is 5.43. The van der Waals surface area contributed by atoms with Gasteiger partial charge in [0.25, 0.3) is 5.56 Å². The summed E-state index contributed by atoms with van der Waals surface area (Å²) in [5.41, 5.74) is 1.78. The molecule has 0 aliphatic carbocycles. The zero-order valence-corrected chi connectivity index (χ0v) is 20.6. The van der Waals surface area contributed by atoms with E-state index in [1.807, 2.05) is 43.3 Å². The molecule has 3 N–H and O–H groups in total. The van der Waals surface area contributed by atoms with Crippen molar-refractivity contribution in [1.82, 2.24) is 9.36 Å². The zero-order valence-electron chi connectivity index (χ0n) is 19.8. The number of thioether (sulfide) groups is 1. The number of carbonyl (C=O) groups excluding carboxylic acids is 2. The summed E-state index contributed by atoms with van der Waals surface area (Å²) in [6, 6.07) is 16.2. The number of amides is 2. The minimum absolute atomic E-state index is 0.121. The van der Waals surface area contributed by atoms with Crippen LogP contribution in [0, 0.1) is 6.92 Å². The molecular weight excluding hydrogens is 468 g/mol. The van der Waals surface area contributed by atoms with Gasteiger partial charge in [0.1, 0.15) is 5.69 Å². The van der Waals surface area contributed by atoms with Gasteiger partial charge in [0, 0.05) is 24.1 Å². The van der Waals surface area contributed by atoms with Crippen LogP contribution < -0.4 is 16.2 Å². The van der Waals surface area contributed by atoms with Gasteiger partial charge in [-0.2, -0.15) is 0 Å². The number of hydrogen-bond acceptors (Lipinski definition) is 5. The number of hydrogen-bond donors (Lipinski definition) is 3. The van der Waals surface area contributed by atoms with E-state index in [1.54, 1.807) is 36.9 Å². The van der Waals surface area contributed by atoms with E-state index in [-0.39, 0.29) is 30.0 Å². The quantitative estimate of drug-likeness (QED) is 0.367. The van der Waals surface area contributed by atoms with Crippen molar-refractivity contribution in [1.29, 1.82) is 0 Å². The van der Waals surface area contributed by atoms with Crippen LogP contribution in [0.2, 0.25) is 0 Å². The van der Waals surface area contributed by atoms with Crippen molar-refractivity contribution in [2.45, 2.75) is 43.3 Å². The van der Waals surface area contributed by atoms with Crippen molar-refractivity contribution in [3.05, 3.63) is 70.6 Å². The number of aliphatic carboxylic acids is 1. The van der Waals surface area contributed by atoms with Crippen molar-refractivity contribution in [3.63, 3.8) is 0 Å². The second-order valence-electron chi connectivity index (χ2n) is 7.91. The van der Waals surface area contributed by atoms with Crippen LogP contribution in [0.1, 0.15) is 31.9 Å². The van der Waals surface area contributed by atoms with Gasteiger partial charge >= 0.3 is 5.97 Å². The average Bonchev–Trinajstić information content (AvgIpc) is 3.04. The van der Waals surface area contributed by atoms with Gasteiger partial charge in [0.2, 0.25) is 11.8 Å². The normalized spacial score (nSPS) is 11.6. The number of nitrogens with zero attached hydrogens (tertiary/aromatic N) is 2. The lowest BCUT2D eigenvalue weighted by atomic mass is 10.2. The SMILES string of the molecule is CCC(Sc1cccc(NC(=O)CCC(=O)O)c1)C(=O)Nc1c(C)n(C)n(-c2ccccc2)c1=O. The molecule has 0 saturated heterocycles. The maximum Gasteiger partial charge on any atom is 0.303 e. The molecule has 0 saturated carbocycles. The average molecular weight is 497 g/mol. The van der Waals surface area contributed by atoms with Gasteiger partial charge in [-0.05, 0) is 43.7 Å². The molecule has 0 fully saturated rings. The fraction of sp³-hybridized carbons (Fsp3) is 0.280. The van der Waals surface area contributed by atoms with Crippen LogP contribution >= 0.6 is 11.8 Å². The highest BCUT2D eigenvalue weighted by molar-refractivity contribution is 8.00. The summed E-state index contributed by atoms with van der Waals surface area (Å²) in [5, 5.41) is 13.7. The molecule has 35 heavy (non-hydrogen) atoms. The van der Waals surface area contributed by atoms with Crippen LogP contribution in [0.5, 0.6) is 0 Å². The summed E-state index contributed by atoms with van der Waals surface area (Å²) in [6.45, 7) is 3.66. The fourth-order valence-corrected chi connectivity index (χ4v) is 4.51. The molecule has 1 atom stereocenters. The number of para-hydroxylation sites is 1. The van der Waals surface area contributed by atoms with Crippen LogP contribution in [0.25, 0.3) is 5.69 Å². The van der Waals surface area contributed by atoms with Crippen molar-refractivity contribution < 1.29 is 19.5 Å². The monoisotopic (exact) mass is 496 g/mol. The summed E-state index contributed by atoms with van der Waals surface area (Å²) in [4.78, 5) is 49.6. The molecule has 0 radical (unpaired) electrons. The first kappa shape index (κ1) is 25.8. The maximum atomic E-state index is 13.1. The lowest BCUT2D eigenvalue weighted by molar-refractivity contribution is -0.138. The lowest BCUT2D eigenvalue weighted by Crippen LogP contribution is -2.28. The van der Waals surface area contributed by atoms with Crippen LogP contribution in [0.15, 0.2) is 64.3 Å². The topological polar surface area (TPSA) is 122 Å². The minimum Gasteiger partial charge on any atom is -0.481 e. The highest BCUT2D eigenvalue weighted by Gasteiger charge is 2.23. The molecule has 1 aromatic heterocycles. The molecule has 10 heteroatoms. The number of carbonyl (C=O) groups is 3. The summed E-state index contributed by atoms with van der Waals surface area (Å²) in [6.07, 6.45) is 0.150. The van der Waals surface area contributed by atoms with E-state index in [2.05, 4.69) is 10.6 Å². The van der Waals surface area contributed by atoms with E-state index in [9.17, 15) is 19.2 Å². The Bertz CT molecular complexity index is 1280. The van der Waals surface area contributed by atoms with Crippen molar-refractivity contribution in [2.24, 2.45) is 7.05 Å². The Balaban J connectivity index is 1.73. The Kier molecular flexibility index (Phi) is 8.53. The molecule has 0 bridgehead atoms. The third-order valence-corrected chi connectivity index (χ3v) is 6.79. The second kappa shape index (κ2) is 11.6. The highest BCUT2D eigenvalue weighted by Crippen LogP contribution is 2.29. The smallest absolute Gasteiger partial charge is 0.303 e. The number of carboxylic acids is 1. The molecular formula is C25H28N4O5S. The summed E-state index contributed by atoms with van der Waals surface area (Å²) in [7, 11) is 1.77. The maximum absolute atomic E-state index is 13.1. The molecule has 1 unspecified atom stereocenters. The summed E-state index contributed by atoms with van der Waals surface area (Å²) >= 11 is 1.32. The van der Waals surface area contributed by atoms with E-state index in [4.69, 9.17) is 5.11 Å². The number of benzene rings is 2. The fourth-order valence-electron chi connectivity index (χ4n) is 3.49. The van der Waals surface area contributed by atoms with Crippen LogP contribution in [-0.2, 0) is 21.4 Å². The summed E-state index contributed by atoms with van der Waals surface area (Å²) in [5.74, 6) is -1.72. The lowest BCUT2D eigenvalue weighted by Gasteiger charge is -2.15. The Morgan fingerprint density at radius 1 is 1.03 bits per heavy atom. The molecule has 2 aromatic carbocycles. The highest BCUT2D eigenvalue weighted by atomic mass is 32.2. The van der Waals surface area contributed by atoms with Gasteiger partial charge in [-0.25, -0.2) is 4.68 Å². The predicted molar refractivity (Wildman–Crippen MR) is 136 cm³/mol. The van der Waals surface area contributed by atoms with E-state index >= 15 is 0 Å². The van der Waals surface area contributed by atoms with Gasteiger partial charge in [-0.15, -0.1) is 11.8 Å². The first-order valence-electron chi connectivity index (χ1n) is 11.1. The second-order valence-corrected chi connectivity index (χ2v) is 9.19. The van der Waals surface area contributed by atoms with Gasteiger partial charge in [-0.1, -0.05) is 31.2 Å². The minimum atomic E-state index is -1.04. The molecule has 0 aliphatic heterocycles. The van der Waals surface area contributed by atoms with Crippen LogP contribution in [-0.4, -0.2) is 37.5 Å². The molecule has 9 nitrogen and oxygen atoms in total. The van der Waals surface area contributed by atoms with E-state index in [0.717, 1.165) is 4.90 Å². The molecule has 0 spiro atoms. The molecule has 2 amide bonds. The van der Waals surface area contributed by atoms with E-state index in [1.165, 1.54) is 16.4 Å². The van der Waals surface area contributed by atoms with E-state index < -0.39 is 17.1 Å². The van der Waals surface area contributed by atoms with Gasteiger partial charge < -0.3 is 15.7 Å². The molecule has 3 rings (SSSR count). The standard InChI is InChI=1S/C25H28N4O5S/c1-4-20(35-19-12-8-9-17(15-19)26-21(30)13-14-22(31)32)24(33)27-23-16(2)28(3)29(25(23)34)18-10-6-5-7-11-18/h5-12,15,20H,4,13-14H2,1-3H3,(H,26,30)(H,27,33)(H,31,32). The number of anilines is 2. The van der Waals surface area contributed by atoms with Crippen molar-refractivity contribution in [3.8, 4) is 5.69 Å². The Morgan fingerprint density at radius 2 is 1.74 bits per heavy atom. The van der Waals surface area contributed by atoms with Gasteiger partial charge in [0.15, 0.2) is 0 Å². The van der Waals surface area contributed by atoms with Crippen molar-refractivity contribution in [2.75, 3.05) is 10.6 Å². The third kappa shape index (κ3) is 6.42. The largest absolute Gasteiger partial charge is 0.481 e. The Labute approximate surface area is 207 Å². The van der Waals surface area contributed by atoms with E-state index in [0.29, 0.717) is 23.5 Å². The number of aromatic nitrogens is 2. The van der Waals surface area contributed by atoms with Crippen LogP contribution in [0.4, 0.5) is 11.4 Å². The molecule has 3 aromatic rings. The van der Waals surface area contributed by atoms with Crippen molar-refractivity contribution >= 4 is 40.9 Å². The summed E-state index contributed by atoms with van der Waals surface area (Å²) < 4.78 is 3.22. The predicted octanol–water partition coefficient (Wildman–Crippen LogP) is 3.80. The Hall–Kier alpha value is -3.79. The van der Waals surface area contributed by atoms with Gasteiger partial charge in [0.05, 0.1) is 23.1 Å². The molecule has 184 valence electrons. The Morgan fingerprint density at radius 3 is 2.40 bits per heavy atom. The number of carboxylic acid groups (broad SMARTS) is 1. The first-order valence-corrected chi connectivity index (χ1v) is 12.0. The van der Waals surface area contributed by atoms with Gasteiger partial charge in [-0.3, -0.25) is 23.9 Å². The first-order chi connectivity index (χ1) is 16.7. The van der Waals surface area contributed by atoms with Crippen LogP contribution in [0.3, 0.4) is 0 Å².